The largest absolute Gasteiger partial charge is 0.361 e. The van der Waals surface area contributed by atoms with E-state index in [1.165, 1.54) is 22.1 Å². The lowest BCUT2D eigenvalue weighted by Gasteiger charge is -2.28. The number of amides is 1. The molecule has 1 aliphatic rings. The van der Waals surface area contributed by atoms with Gasteiger partial charge in [-0.15, -0.1) is 0 Å². The number of benzene rings is 2. The van der Waals surface area contributed by atoms with E-state index in [0.717, 1.165) is 70.3 Å². The van der Waals surface area contributed by atoms with Crippen LogP contribution in [0.3, 0.4) is 0 Å². The van der Waals surface area contributed by atoms with Crippen molar-refractivity contribution in [1.82, 2.24) is 20.5 Å². The summed E-state index contributed by atoms with van der Waals surface area (Å²) in [5.74, 6) is 0.719. The Morgan fingerprint density at radius 1 is 1.03 bits per heavy atom. The highest BCUT2D eigenvalue weighted by molar-refractivity contribution is 5.86. The van der Waals surface area contributed by atoms with Gasteiger partial charge < -0.3 is 15.6 Å². The molecule has 0 fully saturated rings. The summed E-state index contributed by atoms with van der Waals surface area (Å²) in [6.07, 6.45) is 8.28. The number of H-pyrrole nitrogens is 1. The minimum Gasteiger partial charge on any atom is -0.361 e. The van der Waals surface area contributed by atoms with Crippen molar-refractivity contribution >= 4 is 16.8 Å². The molecule has 3 N–H and O–H groups in total. The summed E-state index contributed by atoms with van der Waals surface area (Å²) in [6, 6.07) is 16.9. The van der Waals surface area contributed by atoms with Crippen molar-refractivity contribution < 1.29 is 4.79 Å². The maximum atomic E-state index is 13.2. The molecule has 1 amide bonds. The Labute approximate surface area is 210 Å². The van der Waals surface area contributed by atoms with Gasteiger partial charge in [-0.2, -0.15) is 0 Å². The van der Waals surface area contributed by atoms with Crippen LogP contribution in [-0.4, -0.2) is 48.0 Å². The third-order valence-electron chi connectivity index (χ3n) is 7.63. The van der Waals surface area contributed by atoms with E-state index in [4.69, 9.17) is 0 Å². The fourth-order valence-electron chi connectivity index (χ4n) is 5.20. The van der Waals surface area contributed by atoms with Crippen molar-refractivity contribution in [2.75, 3.05) is 26.2 Å². The van der Waals surface area contributed by atoms with E-state index in [1.807, 2.05) is 6.07 Å². The van der Waals surface area contributed by atoms with E-state index >= 15 is 0 Å². The molecule has 3 aromatic rings. The topological polar surface area (TPSA) is 60.2 Å². The fraction of sp³-hybridized carbons (Fsp3) is 0.500. The van der Waals surface area contributed by atoms with E-state index in [9.17, 15) is 4.79 Å². The van der Waals surface area contributed by atoms with Crippen molar-refractivity contribution in [3.8, 4) is 0 Å². The van der Waals surface area contributed by atoms with Gasteiger partial charge in [-0.3, -0.25) is 9.69 Å². The standard InChI is InChI=1S/C30H42N4O/c1-3-23(4-2)20-32-29(19-26-21-33-28-14-8-7-13-27(26)28)30(35)31-16-9-10-17-34-18-15-24-11-5-6-12-25(24)22-34/h5-8,11-14,21,23,29,32-33H,3-4,9-10,15-20,22H2,1-2H3,(H,31,35)/t29-/m1/s1. The summed E-state index contributed by atoms with van der Waals surface area (Å²) in [6.45, 7) is 9.35. The van der Waals surface area contributed by atoms with Crippen molar-refractivity contribution in [1.29, 1.82) is 0 Å². The molecule has 2 heterocycles. The molecule has 4 rings (SSSR count). The van der Waals surface area contributed by atoms with Gasteiger partial charge in [0.2, 0.25) is 5.91 Å². The summed E-state index contributed by atoms with van der Waals surface area (Å²) < 4.78 is 0. The zero-order valence-electron chi connectivity index (χ0n) is 21.5. The molecule has 2 aromatic carbocycles. The van der Waals surface area contributed by atoms with Gasteiger partial charge in [0, 0.05) is 36.7 Å². The molecular weight excluding hydrogens is 432 g/mol. The molecule has 0 radical (unpaired) electrons. The van der Waals surface area contributed by atoms with Crippen molar-refractivity contribution in [2.24, 2.45) is 5.92 Å². The molecule has 0 spiro atoms. The van der Waals surface area contributed by atoms with E-state index in [-0.39, 0.29) is 11.9 Å². The Balaban J connectivity index is 1.26. The van der Waals surface area contributed by atoms with Crippen LogP contribution in [0, 0.1) is 5.92 Å². The average Bonchev–Trinajstić information content (AvgIpc) is 3.31. The number of para-hydroxylation sites is 1. The van der Waals surface area contributed by atoms with Gasteiger partial charge in [0.1, 0.15) is 0 Å². The number of hydrogen-bond acceptors (Lipinski definition) is 3. The van der Waals surface area contributed by atoms with E-state index < -0.39 is 0 Å². The lowest BCUT2D eigenvalue weighted by atomic mass is 10.00. The number of fused-ring (bicyclic) bond motifs is 2. The molecule has 0 bridgehead atoms. The first-order chi connectivity index (χ1) is 17.2. The van der Waals surface area contributed by atoms with Crippen LogP contribution in [-0.2, 0) is 24.2 Å². The second-order valence-corrected chi connectivity index (χ2v) is 10.00. The van der Waals surface area contributed by atoms with Crippen LogP contribution in [0.25, 0.3) is 10.9 Å². The monoisotopic (exact) mass is 474 g/mol. The minimum absolute atomic E-state index is 0.119. The van der Waals surface area contributed by atoms with Crippen LogP contribution < -0.4 is 10.6 Å². The van der Waals surface area contributed by atoms with Gasteiger partial charge in [0.05, 0.1) is 6.04 Å². The lowest BCUT2D eigenvalue weighted by molar-refractivity contribution is -0.123. The highest BCUT2D eigenvalue weighted by atomic mass is 16.2. The molecule has 188 valence electrons. The summed E-state index contributed by atoms with van der Waals surface area (Å²) in [4.78, 5) is 19.1. The molecule has 35 heavy (non-hydrogen) atoms. The number of rotatable bonds is 13. The highest BCUT2D eigenvalue weighted by Gasteiger charge is 2.21. The predicted octanol–water partition coefficient (Wildman–Crippen LogP) is 5.06. The number of aromatic amines is 1. The minimum atomic E-state index is -0.214. The third kappa shape index (κ3) is 6.96. The van der Waals surface area contributed by atoms with E-state index in [2.05, 4.69) is 83.0 Å². The first kappa shape index (κ1) is 25.5. The fourth-order valence-corrected chi connectivity index (χ4v) is 5.20. The average molecular weight is 475 g/mol. The Morgan fingerprint density at radius 3 is 2.63 bits per heavy atom. The number of carbonyl (C=O) groups excluding carboxylic acids is 1. The maximum Gasteiger partial charge on any atom is 0.237 e. The van der Waals surface area contributed by atoms with Gasteiger partial charge in [-0.1, -0.05) is 69.2 Å². The summed E-state index contributed by atoms with van der Waals surface area (Å²) in [5.41, 5.74) is 5.29. The van der Waals surface area contributed by atoms with Gasteiger partial charge in [0.25, 0.3) is 0 Å². The third-order valence-corrected chi connectivity index (χ3v) is 7.63. The molecule has 0 aliphatic carbocycles. The molecule has 0 unspecified atom stereocenters. The second kappa shape index (κ2) is 12.9. The predicted molar refractivity (Wildman–Crippen MR) is 146 cm³/mol. The maximum absolute atomic E-state index is 13.2. The van der Waals surface area contributed by atoms with Crippen molar-refractivity contribution in [3.05, 3.63) is 71.4 Å². The van der Waals surface area contributed by atoms with Crippen LogP contribution in [0.15, 0.2) is 54.7 Å². The van der Waals surface area contributed by atoms with Crippen LogP contribution in [0.1, 0.15) is 56.2 Å². The Morgan fingerprint density at radius 2 is 1.80 bits per heavy atom. The van der Waals surface area contributed by atoms with Crippen LogP contribution in [0.4, 0.5) is 0 Å². The van der Waals surface area contributed by atoms with E-state index in [0.29, 0.717) is 12.3 Å². The van der Waals surface area contributed by atoms with Crippen LogP contribution >= 0.6 is 0 Å². The molecule has 0 saturated heterocycles. The molecular formula is C30H42N4O. The number of nitrogens with one attached hydrogen (secondary N) is 3. The van der Waals surface area contributed by atoms with Crippen LogP contribution in [0.2, 0.25) is 0 Å². The second-order valence-electron chi connectivity index (χ2n) is 10.00. The Hall–Kier alpha value is -2.63. The van der Waals surface area contributed by atoms with Gasteiger partial charge in [-0.05, 0) is 67.4 Å². The number of aromatic nitrogens is 1. The Kier molecular flexibility index (Phi) is 9.38. The van der Waals surface area contributed by atoms with E-state index in [1.54, 1.807) is 0 Å². The van der Waals surface area contributed by atoms with Gasteiger partial charge >= 0.3 is 0 Å². The zero-order valence-corrected chi connectivity index (χ0v) is 21.5. The van der Waals surface area contributed by atoms with Crippen LogP contribution in [0.5, 0.6) is 0 Å². The quantitative estimate of drug-likeness (QED) is 0.304. The summed E-state index contributed by atoms with van der Waals surface area (Å²) >= 11 is 0. The molecule has 1 atom stereocenters. The molecule has 5 nitrogen and oxygen atoms in total. The van der Waals surface area contributed by atoms with Gasteiger partial charge in [-0.25, -0.2) is 0 Å². The normalized spacial score (nSPS) is 14.8. The van der Waals surface area contributed by atoms with Crippen molar-refractivity contribution in [2.45, 2.75) is 65.0 Å². The number of hydrogen-bond donors (Lipinski definition) is 3. The molecule has 5 heteroatoms. The first-order valence-corrected chi connectivity index (χ1v) is 13.5. The van der Waals surface area contributed by atoms with Crippen molar-refractivity contribution in [3.63, 3.8) is 0 Å². The number of unbranched alkanes of at least 4 members (excludes halogenated alkanes) is 1. The summed E-state index contributed by atoms with van der Waals surface area (Å²) in [7, 11) is 0. The zero-order chi connectivity index (χ0) is 24.5. The molecule has 0 saturated carbocycles. The lowest BCUT2D eigenvalue weighted by Crippen LogP contribution is -2.47. The van der Waals surface area contributed by atoms with Gasteiger partial charge in [0.15, 0.2) is 0 Å². The number of nitrogens with zero attached hydrogens (tertiary/aromatic N) is 1. The SMILES string of the molecule is CCC(CC)CN[C@H](Cc1c[nH]c2ccccc12)C(=O)NCCCCN1CCc2ccccc2C1. The first-order valence-electron chi connectivity index (χ1n) is 13.5. The highest BCUT2D eigenvalue weighted by Crippen LogP contribution is 2.20. The smallest absolute Gasteiger partial charge is 0.237 e. The molecule has 1 aromatic heterocycles. The summed E-state index contributed by atoms with van der Waals surface area (Å²) in [5, 5.41) is 8.02. The Bertz CT molecular complexity index is 1070. The number of carbonyl (C=O) groups is 1. The molecule has 1 aliphatic heterocycles.